The van der Waals surface area contributed by atoms with Gasteiger partial charge in [-0.15, -0.1) is 0 Å². The average Bonchev–Trinajstić information content (AvgIpc) is 2.48. The molecule has 22 heavy (non-hydrogen) atoms. The molecule has 2 fully saturated rings. The van der Waals surface area contributed by atoms with Crippen LogP contribution in [-0.4, -0.2) is 67.4 Å². The van der Waals surface area contributed by atoms with Gasteiger partial charge in [0.1, 0.15) is 0 Å². The third-order valence-corrected chi connectivity index (χ3v) is 5.23. The third-order valence-electron chi connectivity index (χ3n) is 5.23. The first kappa shape index (κ1) is 17.2. The Labute approximate surface area is 133 Å². The summed E-state index contributed by atoms with van der Waals surface area (Å²) in [5.74, 6) is 0.386. The lowest BCUT2D eigenvalue weighted by Crippen LogP contribution is -2.62. The van der Waals surface area contributed by atoms with Gasteiger partial charge in [0.2, 0.25) is 11.8 Å². The van der Waals surface area contributed by atoms with Crippen molar-refractivity contribution in [1.82, 2.24) is 15.1 Å². The van der Waals surface area contributed by atoms with Crippen molar-refractivity contribution in [3.05, 3.63) is 0 Å². The van der Waals surface area contributed by atoms with Crippen molar-refractivity contribution in [3.8, 4) is 0 Å². The predicted molar refractivity (Wildman–Crippen MR) is 86.3 cm³/mol. The summed E-state index contributed by atoms with van der Waals surface area (Å²) < 4.78 is 0. The number of carbonyl (C=O) groups is 2. The van der Waals surface area contributed by atoms with Gasteiger partial charge in [0.05, 0.1) is 6.04 Å². The highest BCUT2D eigenvalue weighted by Gasteiger charge is 2.46. The molecule has 0 saturated carbocycles. The monoisotopic (exact) mass is 310 g/mol. The summed E-state index contributed by atoms with van der Waals surface area (Å²) in [6.07, 6.45) is 4.84. The number of piperidine rings is 1. The minimum Gasteiger partial charge on any atom is -0.342 e. The Bertz CT molecular complexity index is 397. The molecule has 2 saturated heterocycles. The van der Waals surface area contributed by atoms with E-state index in [1.54, 1.807) is 6.92 Å². The maximum atomic E-state index is 12.6. The van der Waals surface area contributed by atoms with Crippen LogP contribution in [0.2, 0.25) is 0 Å². The minimum atomic E-state index is -0.0873. The Morgan fingerprint density at radius 3 is 2.32 bits per heavy atom. The van der Waals surface area contributed by atoms with E-state index in [0.717, 1.165) is 58.3 Å². The molecule has 0 bridgehead atoms. The number of nitrogens with zero attached hydrogens (tertiary/aromatic N) is 2. The van der Waals surface area contributed by atoms with Crippen molar-refractivity contribution in [3.63, 3.8) is 0 Å². The van der Waals surface area contributed by atoms with Crippen molar-refractivity contribution in [2.75, 3.05) is 39.8 Å². The molecule has 126 valence electrons. The number of carbonyl (C=O) groups excluding carboxylic acids is 2. The van der Waals surface area contributed by atoms with Crippen LogP contribution in [0.25, 0.3) is 0 Å². The maximum absolute atomic E-state index is 12.6. The van der Waals surface area contributed by atoms with E-state index in [0.29, 0.717) is 6.54 Å². The first-order chi connectivity index (χ1) is 10.5. The first-order valence-corrected chi connectivity index (χ1v) is 8.43. The molecule has 6 nitrogen and oxygen atoms in total. The van der Waals surface area contributed by atoms with E-state index in [-0.39, 0.29) is 23.3 Å². The molecule has 2 aliphatic rings. The van der Waals surface area contributed by atoms with Crippen LogP contribution in [-0.2, 0) is 9.59 Å². The van der Waals surface area contributed by atoms with E-state index in [1.165, 1.54) is 0 Å². The zero-order valence-corrected chi connectivity index (χ0v) is 13.9. The van der Waals surface area contributed by atoms with Crippen LogP contribution in [0.5, 0.6) is 0 Å². The van der Waals surface area contributed by atoms with Crippen molar-refractivity contribution in [2.45, 2.75) is 45.1 Å². The van der Waals surface area contributed by atoms with Crippen molar-refractivity contribution in [1.29, 1.82) is 0 Å². The van der Waals surface area contributed by atoms with Crippen LogP contribution in [0.3, 0.4) is 0 Å². The number of hydrogen-bond donors (Lipinski definition) is 2. The molecule has 2 rings (SSSR count). The fourth-order valence-corrected chi connectivity index (χ4v) is 3.61. The SMILES string of the molecule is CNC(CCCCN)C(=O)N1CCC2(CC1)CN(C(C)=O)C2. The van der Waals surface area contributed by atoms with E-state index in [2.05, 4.69) is 5.32 Å². The number of unbranched alkanes of at least 4 members (excludes halogenated alkanes) is 1. The van der Waals surface area contributed by atoms with Crippen LogP contribution >= 0.6 is 0 Å². The van der Waals surface area contributed by atoms with Gasteiger partial charge in [-0.05, 0) is 39.3 Å². The van der Waals surface area contributed by atoms with Crippen LogP contribution in [0.15, 0.2) is 0 Å². The minimum absolute atomic E-state index is 0.0873. The molecular formula is C16H30N4O2. The molecule has 2 aliphatic heterocycles. The second-order valence-electron chi connectivity index (χ2n) is 6.83. The fourth-order valence-electron chi connectivity index (χ4n) is 3.61. The summed E-state index contributed by atoms with van der Waals surface area (Å²) in [5, 5.41) is 3.14. The molecule has 0 radical (unpaired) electrons. The first-order valence-electron chi connectivity index (χ1n) is 8.43. The lowest BCUT2D eigenvalue weighted by atomic mass is 9.72. The molecule has 0 aliphatic carbocycles. The molecule has 1 atom stereocenters. The Hall–Kier alpha value is -1.14. The van der Waals surface area contributed by atoms with Crippen LogP contribution < -0.4 is 11.1 Å². The number of nitrogens with one attached hydrogen (secondary N) is 1. The van der Waals surface area contributed by atoms with E-state index < -0.39 is 0 Å². The van der Waals surface area contributed by atoms with Gasteiger partial charge >= 0.3 is 0 Å². The van der Waals surface area contributed by atoms with Crippen LogP contribution in [0.4, 0.5) is 0 Å². The van der Waals surface area contributed by atoms with Crippen LogP contribution in [0, 0.1) is 5.41 Å². The smallest absolute Gasteiger partial charge is 0.239 e. The Morgan fingerprint density at radius 1 is 1.18 bits per heavy atom. The fraction of sp³-hybridized carbons (Fsp3) is 0.875. The lowest BCUT2D eigenvalue weighted by molar-refractivity contribution is -0.149. The normalized spacial score (nSPS) is 21.6. The number of rotatable bonds is 6. The van der Waals surface area contributed by atoms with Gasteiger partial charge in [0.25, 0.3) is 0 Å². The number of likely N-dealkylation sites (tertiary alicyclic amines) is 2. The largest absolute Gasteiger partial charge is 0.342 e. The summed E-state index contributed by atoms with van der Waals surface area (Å²) in [4.78, 5) is 27.8. The van der Waals surface area contributed by atoms with Gasteiger partial charge < -0.3 is 20.9 Å². The van der Waals surface area contributed by atoms with Crippen LogP contribution in [0.1, 0.15) is 39.0 Å². The highest BCUT2D eigenvalue weighted by Crippen LogP contribution is 2.40. The topological polar surface area (TPSA) is 78.7 Å². The van der Waals surface area contributed by atoms with Crippen molar-refractivity contribution in [2.24, 2.45) is 11.1 Å². The van der Waals surface area contributed by atoms with Gasteiger partial charge in [0, 0.05) is 38.5 Å². The predicted octanol–water partition coefficient (Wildman–Crippen LogP) is 0.174. The van der Waals surface area contributed by atoms with Gasteiger partial charge in [0.15, 0.2) is 0 Å². The van der Waals surface area contributed by atoms with Gasteiger partial charge in [-0.1, -0.05) is 6.42 Å². The molecule has 1 unspecified atom stereocenters. The molecule has 6 heteroatoms. The van der Waals surface area contributed by atoms with E-state index in [1.807, 2.05) is 16.8 Å². The molecule has 0 aromatic heterocycles. The second-order valence-corrected chi connectivity index (χ2v) is 6.83. The van der Waals surface area contributed by atoms with E-state index >= 15 is 0 Å². The number of likely N-dealkylation sites (N-methyl/N-ethyl adjacent to an activating group) is 1. The Kier molecular flexibility index (Phi) is 5.81. The van der Waals surface area contributed by atoms with Crippen molar-refractivity contribution < 1.29 is 9.59 Å². The number of nitrogens with two attached hydrogens (primary N) is 1. The molecule has 2 amide bonds. The summed E-state index contributed by atoms with van der Waals surface area (Å²) in [6.45, 7) is 5.69. The zero-order valence-electron chi connectivity index (χ0n) is 13.9. The molecular weight excluding hydrogens is 280 g/mol. The van der Waals surface area contributed by atoms with Gasteiger partial charge in [-0.3, -0.25) is 9.59 Å². The third kappa shape index (κ3) is 3.79. The maximum Gasteiger partial charge on any atom is 0.239 e. The lowest BCUT2D eigenvalue weighted by Gasteiger charge is -2.54. The zero-order chi connectivity index (χ0) is 16.2. The average molecular weight is 310 g/mol. The van der Waals surface area contributed by atoms with Gasteiger partial charge in [-0.25, -0.2) is 0 Å². The Balaban J connectivity index is 1.78. The summed E-state index contributed by atoms with van der Waals surface area (Å²) >= 11 is 0. The highest BCUT2D eigenvalue weighted by molar-refractivity contribution is 5.82. The van der Waals surface area contributed by atoms with Gasteiger partial charge in [-0.2, -0.15) is 0 Å². The summed E-state index contributed by atoms with van der Waals surface area (Å²) in [5.41, 5.74) is 5.79. The second kappa shape index (κ2) is 7.42. The molecule has 1 spiro atoms. The highest BCUT2D eigenvalue weighted by atomic mass is 16.2. The summed E-state index contributed by atoms with van der Waals surface area (Å²) in [6, 6.07) is -0.0873. The molecule has 3 N–H and O–H groups in total. The number of hydrogen-bond acceptors (Lipinski definition) is 4. The van der Waals surface area contributed by atoms with Crippen molar-refractivity contribution >= 4 is 11.8 Å². The Morgan fingerprint density at radius 2 is 1.82 bits per heavy atom. The molecule has 2 heterocycles. The van der Waals surface area contributed by atoms with E-state index in [4.69, 9.17) is 5.73 Å². The molecule has 0 aromatic rings. The molecule has 0 aromatic carbocycles. The number of amides is 2. The quantitative estimate of drug-likeness (QED) is 0.686. The summed E-state index contributed by atoms with van der Waals surface area (Å²) in [7, 11) is 1.85. The van der Waals surface area contributed by atoms with E-state index in [9.17, 15) is 9.59 Å². The standard InChI is InChI=1S/C16H30N4O2/c1-13(21)20-11-16(12-20)6-9-19(10-7-16)15(22)14(18-2)5-3-4-8-17/h14,18H,3-12,17H2,1-2H3.